The van der Waals surface area contributed by atoms with Crippen LogP contribution in [0.1, 0.15) is 68.9 Å². The summed E-state index contributed by atoms with van der Waals surface area (Å²) in [5.41, 5.74) is 2.86. The van der Waals surface area contributed by atoms with Crippen LogP contribution in [-0.4, -0.2) is 17.5 Å². The van der Waals surface area contributed by atoms with E-state index < -0.39 is 5.60 Å². The van der Waals surface area contributed by atoms with Gasteiger partial charge in [0.25, 0.3) is 0 Å². The van der Waals surface area contributed by atoms with Crippen LogP contribution in [0.5, 0.6) is 17.2 Å². The Labute approximate surface area is 160 Å². The lowest BCUT2D eigenvalue weighted by Crippen LogP contribution is -2.36. The topological polar surface area (TPSA) is 44.8 Å². The molecule has 0 fully saturated rings. The summed E-state index contributed by atoms with van der Waals surface area (Å²) in [7, 11) is 0. The molecule has 0 aliphatic carbocycles. The van der Waals surface area contributed by atoms with Gasteiger partial charge in [-0.3, -0.25) is 4.79 Å². The Bertz CT molecular complexity index is 917. The van der Waals surface area contributed by atoms with Crippen LogP contribution < -0.4 is 14.2 Å². The molecular weight excluding hydrogens is 340 g/mol. The fourth-order valence-electron chi connectivity index (χ4n) is 3.90. The highest BCUT2D eigenvalue weighted by molar-refractivity contribution is 6.08. The zero-order chi connectivity index (χ0) is 19.5. The average Bonchev–Trinajstić information content (AvgIpc) is 2.58. The zero-order valence-corrected chi connectivity index (χ0v) is 16.6. The van der Waals surface area contributed by atoms with Crippen molar-refractivity contribution in [3.8, 4) is 17.2 Å². The van der Waals surface area contributed by atoms with Crippen molar-refractivity contribution >= 4 is 17.4 Å². The molecule has 0 N–H and O–H groups in total. The number of benzene rings is 1. The van der Waals surface area contributed by atoms with Gasteiger partial charge in [-0.05, 0) is 51.0 Å². The van der Waals surface area contributed by atoms with E-state index in [-0.39, 0.29) is 17.8 Å². The third-order valence-corrected chi connectivity index (χ3v) is 5.49. The number of ether oxygens (including phenoxy) is 3. The first kappa shape index (κ1) is 17.9. The zero-order valence-electron chi connectivity index (χ0n) is 16.6. The molecule has 3 heterocycles. The highest BCUT2D eigenvalue weighted by Crippen LogP contribution is 2.54. The van der Waals surface area contributed by atoms with E-state index in [2.05, 4.69) is 13.5 Å². The smallest absolute Gasteiger partial charge is 0.176 e. The molecule has 0 bridgehead atoms. The number of hydrogen-bond acceptors (Lipinski definition) is 4. The van der Waals surface area contributed by atoms with E-state index in [1.165, 1.54) is 0 Å². The van der Waals surface area contributed by atoms with Gasteiger partial charge in [0.05, 0.1) is 17.0 Å². The summed E-state index contributed by atoms with van der Waals surface area (Å²) in [6.07, 6.45) is 7.60. The van der Waals surface area contributed by atoms with E-state index in [0.717, 1.165) is 35.3 Å². The minimum atomic E-state index is -0.446. The highest BCUT2D eigenvalue weighted by Gasteiger charge is 2.42. The van der Waals surface area contributed by atoms with Crippen LogP contribution in [-0.2, 0) is 0 Å². The molecule has 3 aliphatic heterocycles. The van der Waals surface area contributed by atoms with Crippen molar-refractivity contribution < 1.29 is 19.0 Å². The van der Waals surface area contributed by atoms with E-state index in [9.17, 15) is 4.79 Å². The molecule has 0 spiro atoms. The number of carbonyl (C=O) groups excluding carboxylic acids is 1. The second kappa shape index (κ2) is 6.01. The third kappa shape index (κ3) is 2.70. The summed E-state index contributed by atoms with van der Waals surface area (Å²) in [5, 5.41) is 0. The van der Waals surface area contributed by atoms with Crippen LogP contribution in [0.3, 0.4) is 0 Å². The molecule has 0 radical (unpaired) electrons. The number of rotatable bonds is 2. The molecular formula is C23H26O4. The van der Waals surface area contributed by atoms with Crippen LogP contribution in [0.15, 0.2) is 24.5 Å². The standard InChI is InChI=1S/C23H26O4/c1-7-8-15-11-12(2)25-22-17(15)21-16(9-10-23(5,6)27-21)20-18(22)19(24)13(3)14(4)26-20/h9-11,13-14H,2,7-8H2,1,3-6H3/t13-,14+/m0/s1. The third-order valence-electron chi connectivity index (χ3n) is 5.49. The van der Waals surface area contributed by atoms with Gasteiger partial charge in [-0.15, -0.1) is 0 Å². The molecule has 1 aromatic carbocycles. The molecule has 2 atom stereocenters. The van der Waals surface area contributed by atoms with Crippen LogP contribution in [0.4, 0.5) is 0 Å². The molecule has 0 saturated carbocycles. The van der Waals surface area contributed by atoms with E-state index in [4.69, 9.17) is 14.2 Å². The van der Waals surface area contributed by atoms with Gasteiger partial charge >= 0.3 is 0 Å². The highest BCUT2D eigenvalue weighted by atomic mass is 16.5. The first-order valence-electron chi connectivity index (χ1n) is 9.64. The maximum atomic E-state index is 13.2. The van der Waals surface area contributed by atoms with Crippen molar-refractivity contribution in [1.82, 2.24) is 0 Å². The molecule has 1 aromatic rings. The Hall–Kier alpha value is -2.49. The number of Topliss-reactive ketones (excluding diaryl/α,β-unsaturated/α-hetero) is 1. The molecule has 0 saturated heterocycles. The average molecular weight is 366 g/mol. The number of fused-ring (bicyclic) bond motifs is 6. The van der Waals surface area contributed by atoms with Crippen molar-refractivity contribution in [2.45, 2.75) is 59.2 Å². The van der Waals surface area contributed by atoms with Gasteiger partial charge in [0, 0.05) is 0 Å². The van der Waals surface area contributed by atoms with Crippen LogP contribution in [0.2, 0.25) is 0 Å². The van der Waals surface area contributed by atoms with Crippen LogP contribution in [0, 0.1) is 5.92 Å². The van der Waals surface area contributed by atoms with Gasteiger partial charge in [0.2, 0.25) is 0 Å². The number of carbonyl (C=O) groups is 1. The normalized spacial score (nSPS) is 24.7. The van der Waals surface area contributed by atoms with Gasteiger partial charge in [0.15, 0.2) is 11.5 Å². The van der Waals surface area contributed by atoms with Gasteiger partial charge in [0.1, 0.15) is 34.5 Å². The van der Waals surface area contributed by atoms with E-state index >= 15 is 0 Å². The number of allylic oxidation sites excluding steroid dienone is 2. The van der Waals surface area contributed by atoms with Crippen molar-refractivity contribution in [2.24, 2.45) is 5.92 Å². The summed E-state index contributed by atoms with van der Waals surface area (Å²) in [6, 6.07) is 0. The summed E-state index contributed by atoms with van der Waals surface area (Å²) >= 11 is 0. The maximum absolute atomic E-state index is 13.2. The molecule has 142 valence electrons. The number of hydrogen-bond donors (Lipinski definition) is 0. The molecule has 0 unspecified atom stereocenters. The summed E-state index contributed by atoms with van der Waals surface area (Å²) in [6.45, 7) is 14.0. The Morgan fingerprint density at radius 1 is 1.15 bits per heavy atom. The molecule has 0 amide bonds. The first-order chi connectivity index (χ1) is 12.7. The molecule has 27 heavy (non-hydrogen) atoms. The summed E-state index contributed by atoms with van der Waals surface area (Å²) < 4.78 is 18.6. The van der Waals surface area contributed by atoms with Crippen molar-refractivity contribution in [1.29, 1.82) is 0 Å². The van der Waals surface area contributed by atoms with E-state index in [1.54, 1.807) is 0 Å². The predicted octanol–water partition coefficient (Wildman–Crippen LogP) is 5.56. The maximum Gasteiger partial charge on any atom is 0.176 e. The second-order valence-electron chi connectivity index (χ2n) is 8.15. The Kier molecular flexibility index (Phi) is 3.99. The van der Waals surface area contributed by atoms with Crippen molar-refractivity contribution in [2.75, 3.05) is 0 Å². The van der Waals surface area contributed by atoms with Gasteiger partial charge in [-0.2, -0.15) is 0 Å². The van der Waals surface area contributed by atoms with Crippen molar-refractivity contribution in [3.63, 3.8) is 0 Å². The van der Waals surface area contributed by atoms with E-state index in [0.29, 0.717) is 22.8 Å². The minimum absolute atomic E-state index is 0.0478. The SMILES string of the molecule is C=C1C=C(CCC)c2c3c(c4c(c2O1)C(=O)[C@@H](C)[C@@H](C)O4)C=CC(C)(C)O3. The van der Waals surface area contributed by atoms with Gasteiger partial charge in [-0.25, -0.2) is 0 Å². The molecule has 3 aliphatic rings. The van der Waals surface area contributed by atoms with E-state index in [1.807, 2.05) is 45.9 Å². The largest absolute Gasteiger partial charge is 0.488 e. The molecule has 4 rings (SSSR count). The lowest BCUT2D eigenvalue weighted by Gasteiger charge is -2.37. The van der Waals surface area contributed by atoms with Gasteiger partial charge < -0.3 is 14.2 Å². The van der Waals surface area contributed by atoms with Crippen LogP contribution in [0.25, 0.3) is 11.6 Å². The quantitative estimate of drug-likeness (QED) is 0.687. The Balaban J connectivity index is 2.07. The fraction of sp³-hybridized carbons (Fsp3) is 0.435. The fourth-order valence-corrected chi connectivity index (χ4v) is 3.90. The Morgan fingerprint density at radius 3 is 2.59 bits per heavy atom. The molecule has 4 heteroatoms. The lowest BCUT2D eigenvalue weighted by molar-refractivity contribution is 0.0720. The lowest BCUT2D eigenvalue weighted by atomic mass is 9.83. The molecule has 0 aromatic heterocycles. The monoisotopic (exact) mass is 366 g/mol. The van der Waals surface area contributed by atoms with Crippen molar-refractivity contribution in [3.05, 3.63) is 41.2 Å². The molecule has 4 nitrogen and oxygen atoms in total. The second-order valence-corrected chi connectivity index (χ2v) is 8.15. The Morgan fingerprint density at radius 2 is 1.89 bits per heavy atom. The summed E-state index contributed by atoms with van der Waals surface area (Å²) in [4.78, 5) is 13.2. The van der Waals surface area contributed by atoms with Gasteiger partial charge in [-0.1, -0.05) is 26.8 Å². The predicted molar refractivity (Wildman–Crippen MR) is 106 cm³/mol. The number of ketones is 1. The first-order valence-corrected chi connectivity index (χ1v) is 9.64. The van der Waals surface area contributed by atoms with Crippen LogP contribution >= 0.6 is 0 Å². The minimum Gasteiger partial charge on any atom is -0.488 e. The summed E-state index contributed by atoms with van der Waals surface area (Å²) in [5.74, 6) is 2.19.